The van der Waals surface area contributed by atoms with E-state index < -0.39 is 0 Å². The molecule has 0 aromatic heterocycles. The van der Waals surface area contributed by atoms with Crippen molar-refractivity contribution in [2.45, 2.75) is 18.9 Å². The Kier molecular flexibility index (Phi) is 9.19. The van der Waals surface area contributed by atoms with Crippen molar-refractivity contribution in [3.05, 3.63) is 0 Å². The molecular formula is C6H17AlLiNO. The molecule has 56 valence electrons. The Labute approximate surface area is 91.2 Å². The number of hydrogen-bond acceptors (Lipinski definition) is 2. The fraction of sp³-hybridized carbons (Fsp3) is 1.00. The number of likely N-dealkylation sites (tertiary alicyclic amines) is 1. The largest absolute Gasteiger partial charge is 3.00 e. The van der Waals surface area contributed by atoms with Crippen molar-refractivity contribution in [3.63, 3.8) is 0 Å². The Morgan fingerprint density at radius 2 is 2.30 bits per heavy atom. The second-order valence-electron chi connectivity index (χ2n) is 2.46. The van der Waals surface area contributed by atoms with E-state index in [1.54, 1.807) is 0 Å². The van der Waals surface area contributed by atoms with Crippen LogP contribution in [0.25, 0.3) is 0 Å². The van der Waals surface area contributed by atoms with E-state index in [9.17, 15) is 0 Å². The summed E-state index contributed by atoms with van der Waals surface area (Å²) in [5.74, 6) is 0. The fourth-order valence-electron chi connectivity index (χ4n) is 1.21. The van der Waals surface area contributed by atoms with Crippen molar-refractivity contribution >= 4 is 17.4 Å². The minimum atomic E-state index is 0. The summed E-state index contributed by atoms with van der Waals surface area (Å²) in [7, 11) is 2.06. The molecule has 1 saturated heterocycles. The quantitative estimate of drug-likeness (QED) is 0.410. The molecule has 0 unspecified atom stereocenters. The fourth-order valence-corrected chi connectivity index (χ4v) is 1.21. The van der Waals surface area contributed by atoms with E-state index in [0.717, 1.165) is 6.54 Å². The Morgan fingerprint density at radius 3 is 2.50 bits per heavy atom. The Bertz CT molecular complexity index is 96.2. The van der Waals surface area contributed by atoms with Crippen LogP contribution in [0.15, 0.2) is 0 Å². The van der Waals surface area contributed by atoms with Gasteiger partial charge in [-0.25, -0.2) is 0 Å². The molecule has 1 heterocycles. The van der Waals surface area contributed by atoms with Crippen LogP contribution in [0.1, 0.15) is 18.5 Å². The average Bonchev–Trinajstić information content (AvgIpc) is 2.14. The summed E-state index contributed by atoms with van der Waals surface area (Å²) in [6.07, 6.45) is 2.43. The zero-order chi connectivity index (χ0) is 5.98. The summed E-state index contributed by atoms with van der Waals surface area (Å²) in [5, 5.41) is 8.69. The first kappa shape index (κ1) is 13.6. The zero-order valence-corrected chi connectivity index (χ0v) is 8.03. The maximum Gasteiger partial charge on any atom is 3.00 e. The van der Waals surface area contributed by atoms with Gasteiger partial charge in [-0.15, -0.1) is 0 Å². The molecule has 0 amide bonds. The summed E-state index contributed by atoms with van der Waals surface area (Å²) in [6, 6.07) is 0.454. The molecule has 0 bridgehead atoms. The van der Waals surface area contributed by atoms with Crippen LogP contribution < -0.4 is 18.9 Å². The van der Waals surface area contributed by atoms with Crippen molar-refractivity contribution in [3.8, 4) is 0 Å². The molecule has 10 heavy (non-hydrogen) atoms. The van der Waals surface area contributed by atoms with Crippen molar-refractivity contribution < 1.29 is 29.7 Å². The van der Waals surface area contributed by atoms with Gasteiger partial charge in [0.05, 0.1) is 6.61 Å². The second kappa shape index (κ2) is 6.74. The first-order valence-corrected chi connectivity index (χ1v) is 3.15. The van der Waals surface area contributed by atoms with Gasteiger partial charge in [0.25, 0.3) is 0 Å². The molecule has 1 aliphatic rings. The Morgan fingerprint density at radius 1 is 1.70 bits per heavy atom. The Hall–Kier alpha value is 1.05. The number of nitrogens with zero attached hydrogens (tertiary/aromatic N) is 1. The van der Waals surface area contributed by atoms with Gasteiger partial charge in [-0.3, -0.25) is 0 Å². The first-order chi connectivity index (χ1) is 3.84. The van der Waals surface area contributed by atoms with Crippen molar-refractivity contribution in [1.82, 2.24) is 4.90 Å². The smallest absolute Gasteiger partial charge is 1.00 e. The van der Waals surface area contributed by atoms with Gasteiger partial charge >= 0.3 is 36.2 Å². The van der Waals surface area contributed by atoms with Gasteiger partial charge in [0.2, 0.25) is 0 Å². The van der Waals surface area contributed by atoms with Crippen LogP contribution in [0.5, 0.6) is 0 Å². The predicted octanol–water partition coefficient (Wildman–Crippen LogP) is -2.85. The SMILES string of the molecule is CN1CCC[C@@H]1CO.[Al+3].[H-].[H-].[H-].[H-].[Li+]. The summed E-state index contributed by atoms with van der Waals surface area (Å²) < 4.78 is 0. The molecule has 0 aliphatic carbocycles. The molecule has 1 rings (SSSR count). The van der Waals surface area contributed by atoms with Gasteiger partial charge in [0.15, 0.2) is 0 Å². The third-order valence-corrected chi connectivity index (χ3v) is 1.88. The van der Waals surface area contributed by atoms with E-state index in [4.69, 9.17) is 5.11 Å². The average molecular weight is 153 g/mol. The predicted molar refractivity (Wildman–Crippen MR) is 42.9 cm³/mol. The molecule has 1 atom stereocenters. The molecule has 1 aliphatic heterocycles. The minimum absolute atomic E-state index is 0. The van der Waals surface area contributed by atoms with Gasteiger partial charge in [-0.2, -0.15) is 0 Å². The number of aliphatic hydroxyl groups is 1. The van der Waals surface area contributed by atoms with E-state index in [1.807, 2.05) is 0 Å². The summed E-state index contributed by atoms with van der Waals surface area (Å²) in [4.78, 5) is 2.21. The van der Waals surface area contributed by atoms with Crippen molar-refractivity contribution in [1.29, 1.82) is 0 Å². The minimum Gasteiger partial charge on any atom is -1.00 e. The van der Waals surface area contributed by atoms with Crippen LogP contribution in [0.3, 0.4) is 0 Å². The Balaban J connectivity index is -0.0000000267. The van der Waals surface area contributed by atoms with E-state index in [0.29, 0.717) is 12.6 Å². The van der Waals surface area contributed by atoms with Crippen LogP contribution in [0.4, 0.5) is 0 Å². The summed E-state index contributed by atoms with van der Waals surface area (Å²) in [5.41, 5.74) is 0. The molecule has 1 fully saturated rings. The molecule has 0 spiro atoms. The topological polar surface area (TPSA) is 23.5 Å². The number of aliphatic hydroxyl groups excluding tert-OH is 1. The van der Waals surface area contributed by atoms with Gasteiger partial charge in [0, 0.05) is 6.04 Å². The molecule has 0 radical (unpaired) electrons. The molecular weight excluding hydrogens is 136 g/mol. The molecule has 1 N–H and O–H groups in total. The normalized spacial score (nSPS) is 25.2. The molecule has 0 aromatic carbocycles. The first-order valence-electron chi connectivity index (χ1n) is 3.15. The maximum absolute atomic E-state index is 8.69. The van der Waals surface area contributed by atoms with Gasteiger partial charge < -0.3 is 15.7 Å². The molecule has 0 saturated carbocycles. The maximum atomic E-state index is 8.69. The second-order valence-corrected chi connectivity index (χ2v) is 2.46. The van der Waals surface area contributed by atoms with E-state index in [2.05, 4.69) is 11.9 Å². The van der Waals surface area contributed by atoms with E-state index in [1.165, 1.54) is 12.8 Å². The monoisotopic (exact) mass is 153 g/mol. The van der Waals surface area contributed by atoms with E-state index >= 15 is 0 Å². The molecule has 2 nitrogen and oxygen atoms in total. The molecule has 4 heteroatoms. The standard InChI is InChI=1S/C6H13NO.Al.Li.4H/c1-7-4-2-3-6(7)5-8;;;;;;/h6,8H,2-5H2,1H3;;;;;;/q;+3;+1;4*-1/t6-;;;;;;/m1....../s1. The number of rotatable bonds is 1. The van der Waals surface area contributed by atoms with E-state index in [-0.39, 0.29) is 41.9 Å². The van der Waals surface area contributed by atoms with Crippen LogP contribution >= 0.6 is 0 Å². The van der Waals surface area contributed by atoms with Crippen molar-refractivity contribution in [2.24, 2.45) is 0 Å². The summed E-state index contributed by atoms with van der Waals surface area (Å²) >= 11 is 0. The van der Waals surface area contributed by atoms with Gasteiger partial charge in [-0.05, 0) is 26.4 Å². The zero-order valence-electron chi connectivity index (χ0n) is 10.9. The number of hydrogen-bond donors (Lipinski definition) is 1. The van der Waals surface area contributed by atoms with Crippen LogP contribution in [0.2, 0.25) is 0 Å². The molecule has 0 aromatic rings. The van der Waals surface area contributed by atoms with Crippen molar-refractivity contribution in [2.75, 3.05) is 20.2 Å². The summed E-state index contributed by atoms with van der Waals surface area (Å²) in [6.45, 7) is 1.49. The number of likely N-dealkylation sites (N-methyl/N-ethyl adjacent to an activating group) is 1. The van der Waals surface area contributed by atoms with Crippen LogP contribution in [-0.2, 0) is 0 Å². The third kappa shape index (κ3) is 3.44. The van der Waals surface area contributed by atoms with Crippen LogP contribution in [-0.4, -0.2) is 53.6 Å². The van der Waals surface area contributed by atoms with Crippen LogP contribution in [0, 0.1) is 0 Å². The van der Waals surface area contributed by atoms with Gasteiger partial charge in [-0.1, -0.05) is 0 Å². The third-order valence-electron chi connectivity index (χ3n) is 1.88. The van der Waals surface area contributed by atoms with Gasteiger partial charge in [0.1, 0.15) is 0 Å².